The van der Waals surface area contributed by atoms with E-state index >= 15 is 0 Å². The molecular weight excluding hydrogens is 421 g/mol. The number of rotatable bonds is 5. The molecule has 0 saturated carbocycles. The first-order chi connectivity index (χ1) is 14.8. The van der Waals surface area contributed by atoms with Crippen molar-refractivity contribution in [3.8, 4) is 0 Å². The van der Waals surface area contributed by atoms with Crippen LogP contribution in [0.5, 0.6) is 0 Å². The Labute approximate surface area is 182 Å². The van der Waals surface area contributed by atoms with Crippen molar-refractivity contribution in [1.82, 2.24) is 30.2 Å². The third-order valence-electron chi connectivity index (χ3n) is 5.02. The van der Waals surface area contributed by atoms with Crippen LogP contribution < -0.4 is 10.6 Å². The predicted molar refractivity (Wildman–Crippen MR) is 114 cm³/mol. The molecule has 1 aliphatic heterocycles. The van der Waals surface area contributed by atoms with Crippen LogP contribution in [-0.4, -0.2) is 55.8 Å². The largest absolute Gasteiger partial charge is 0.352 e. The summed E-state index contributed by atoms with van der Waals surface area (Å²) in [6.45, 7) is 6.09. The molecule has 31 heavy (non-hydrogen) atoms. The minimum Gasteiger partial charge on any atom is -0.352 e. The van der Waals surface area contributed by atoms with Gasteiger partial charge in [0.1, 0.15) is 10.5 Å². The van der Waals surface area contributed by atoms with Crippen molar-refractivity contribution in [2.75, 3.05) is 18.4 Å². The molecule has 9 nitrogen and oxygen atoms in total. The van der Waals surface area contributed by atoms with Gasteiger partial charge in [-0.1, -0.05) is 0 Å². The van der Waals surface area contributed by atoms with Crippen molar-refractivity contribution in [2.24, 2.45) is 0 Å². The maximum Gasteiger partial charge on any atom is 0.274 e. The van der Waals surface area contributed by atoms with E-state index in [-0.39, 0.29) is 35.5 Å². The number of likely N-dealkylation sites (tertiary alicyclic amines) is 1. The fourth-order valence-electron chi connectivity index (χ4n) is 3.58. The van der Waals surface area contributed by atoms with Gasteiger partial charge in [0.2, 0.25) is 11.9 Å². The van der Waals surface area contributed by atoms with E-state index in [0.29, 0.717) is 35.4 Å². The molecule has 4 rings (SSSR count). The topological polar surface area (TPSA) is 113 Å². The Balaban J connectivity index is 1.62. The third kappa shape index (κ3) is 4.61. The van der Waals surface area contributed by atoms with Crippen LogP contribution in [0, 0.1) is 12.7 Å². The molecule has 2 N–H and O–H groups in total. The summed E-state index contributed by atoms with van der Waals surface area (Å²) in [7, 11) is 0. The number of halogens is 1. The van der Waals surface area contributed by atoms with Crippen LogP contribution in [-0.2, 0) is 4.79 Å². The van der Waals surface area contributed by atoms with E-state index in [4.69, 9.17) is 0 Å². The van der Waals surface area contributed by atoms with Crippen LogP contribution in [0.4, 0.5) is 10.3 Å². The number of hydrogen-bond donors (Lipinski definition) is 2. The molecule has 11 heteroatoms. The van der Waals surface area contributed by atoms with E-state index in [0.717, 1.165) is 11.2 Å². The fourth-order valence-corrected chi connectivity index (χ4v) is 4.42. The lowest BCUT2D eigenvalue weighted by Gasteiger charge is -2.18. The summed E-state index contributed by atoms with van der Waals surface area (Å²) in [4.78, 5) is 43.5. The van der Waals surface area contributed by atoms with Gasteiger partial charge in [-0.25, -0.2) is 14.4 Å². The molecule has 0 bridgehead atoms. The third-order valence-corrected chi connectivity index (χ3v) is 5.98. The number of hydrogen-bond acceptors (Lipinski definition) is 8. The minimum absolute atomic E-state index is 0.0694. The standard InChI is InChI=1S/C20H22FN7O2S/c1-10(13-6-14(21)8-22-7-13)23-20-26-16(17-18(27-20)25-12(3)31-17)19(30)28-5-4-15(9-28)24-11(2)29/h6-8,10,15H,4-5,9H2,1-3H3,(H,24,29)(H,23,26,27)/t10-,15?/m0/s1. The molecule has 1 saturated heterocycles. The quantitative estimate of drug-likeness (QED) is 0.623. The number of aromatic nitrogens is 4. The van der Waals surface area contributed by atoms with Gasteiger partial charge in [0.15, 0.2) is 11.3 Å². The monoisotopic (exact) mass is 443 g/mol. The first-order valence-corrected chi connectivity index (χ1v) is 10.7. The minimum atomic E-state index is -0.434. The Morgan fingerprint density at radius 1 is 1.29 bits per heavy atom. The second-order valence-corrected chi connectivity index (χ2v) is 8.72. The lowest BCUT2D eigenvalue weighted by Crippen LogP contribution is -2.37. The van der Waals surface area contributed by atoms with Crippen molar-refractivity contribution in [2.45, 2.75) is 39.3 Å². The van der Waals surface area contributed by atoms with E-state index in [9.17, 15) is 14.0 Å². The van der Waals surface area contributed by atoms with Gasteiger partial charge in [-0.15, -0.1) is 11.3 Å². The highest BCUT2D eigenvalue weighted by molar-refractivity contribution is 7.18. The summed E-state index contributed by atoms with van der Waals surface area (Å²) in [5.41, 5.74) is 1.33. The van der Waals surface area contributed by atoms with Gasteiger partial charge in [0.05, 0.1) is 17.2 Å². The van der Waals surface area contributed by atoms with Crippen LogP contribution in [0.3, 0.4) is 0 Å². The van der Waals surface area contributed by atoms with Crippen LogP contribution in [0.15, 0.2) is 18.5 Å². The normalized spacial score (nSPS) is 17.0. The number of anilines is 1. The number of carbonyl (C=O) groups is 2. The summed E-state index contributed by atoms with van der Waals surface area (Å²) in [5.74, 6) is -0.548. The van der Waals surface area contributed by atoms with Crippen molar-refractivity contribution >= 4 is 39.4 Å². The smallest absolute Gasteiger partial charge is 0.274 e. The molecular formula is C20H22FN7O2S. The second-order valence-electron chi connectivity index (χ2n) is 7.52. The number of nitrogens with zero attached hydrogens (tertiary/aromatic N) is 5. The Hall–Kier alpha value is -3.21. The molecule has 0 radical (unpaired) electrons. The van der Waals surface area contributed by atoms with Crippen LogP contribution in [0.1, 0.15) is 47.4 Å². The number of nitrogens with one attached hydrogen (secondary N) is 2. The van der Waals surface area contributed by atoms with Gasteiger partial charge in [0.25, 0.3) is 5.91 Å². The van der Waals surface area contributed by atoms with Crippen LogP contribution in [0.25, 0.3) is 10.3 Å². The highest BCUT2D eigenvalue weighted by Crippen LogP contribution is 2.27. The van der Waals surface area contributed by atoms with Crippen molar-refractivity contribution in [3.63, 3.8) is 0 Å². The second kappa shape index (κ2) is 8.50. The van der Waals surface area contributed by atoms with Crippen molar-refractivity contribution in [3.05, 3.63) is 40.5 Å². The van der Waals surface area contributed by atoms with Crippen LogP contribution >= 0.6 is 11.3 Å². The Bertz CT molecular complexity index is 1150. The Morgan fingerprint density at radius 3 is 2.84 bits per heavy atom. The molecule has 4 heterocycles. The lowest BCUT2D eigenvalue weighted by atomic mass is 10.1. The summed E-state index contributed by atoms with van der Waals surface area (Å²) >= 11 is 1.36. The molecule has 3 aromatic heterocycles. The average molecular weight is 444 g/mol. The maximum atomic E-state index is 13.5. The number of carbonyl (C=O) groups excluding carboxylic acids is 2. The fraction of sp³-hybridized carbons (Fsp3) is 0.400. The van der Waals surface area contributed by atoms with Crippen LogP contribution in [0.2, 0.25) is 0 Å². The zero-order chi connectivity index (χ0) is 22.1. The number of amides is 2. The highest BCUT2D eigenvalue weighted by Gasteiger charge is 2.30. The zero-order valence-electron chi connectivity index (χ0n) is 17.3. The molecule has 3 aromatic rings. The van der Waals surface area contributed by atoms with Gasteiger partial charge in [-0.3, -0.25) is 14.6 Å². The van der Waals surface area contributed by atoms with E-state index in [1.807, 2.05) is 13.8 Å². The number of pyridine rings is 1. The average Bonchev–Trinajstić information content (AvgIpc) is 3.32. The Kier molecular flexibility index (Phi) is 5.77. The molecule has 1 fully saturated rings. The van der Waals surface area contributed by atoms with E-state index in [2.05, 4.69) is 30.6 Å². The molecule has 0 aliphatic carbocycles. The van der Waals surface area contributed by atoms with E-state index in [1.165, 1.54) is 24.3 Å². The molecule has 1 aliphatic rings. The maximum absolute atomic E-state index is 13.5. The molecule has 2 amide bonds. The number of thiazole rings is 1. The van der Waals surface area contributed by atoms with Gasteiger partial charge in [-0.05, 0) is 31.9 Å². The van der Waals surface area contributed by atoms with Gasteiger partial charge >= 0.3 is 0 Å². The van der Waals surface area contributed by atoms with Crippen molar-refractivity contribution < 1.29 is 14.0 Å². The van der Waals surface area contributed by atoms with Gasteiger partial charge in [-0.2, -0.15) is 4.98 Å². The first-order valence-electron chi connectivity index (χ1n) is 9.88. The molecule has 0 aromatic carbocycles. The predicted octanol–water partition coefficient (Wildman–Crippen LogP) is 2.45. The summed E-state index contributed by atoms with van der Waals surface area (Å²) in [5, 5.41) is 6.74. The number of aryl methyl sites for hydroxylation is 1. The Morgan fingerprint density at radius 2 is 2.10 bits per heavy atom. The van der Waals surface area contributed by atoms with E-state index in [1.54, 1.807) is 11.1 Å². The molecule has 1 unspecified atom stereocenters. The van der Waals surface area contributed by atoms with Gasteiger partial charge in [0, 0.05) is 32.3 Å². The molecule has 162 valence electrons. The molecule has 2 atom stereocenters. The summed E-state index contributed by atoms with van der Waals surface area (Å²) in [6.07, 6.45) is 3.39. The van der Waals surface area contributed by atoms with Crippen molar-refractivity contribution in [1.29, 1.82) is 0 Å². The molecule has 0 spiro atoms. The van der Waals surface area contributed by atoms with Gasteiger partial charge < -0.3 is 15.5 Å². The first kappa shape index (κ1) is 21.0. The lowest BCUT2D eigenvalue weighted by molar-refractivity contribution is -0.119. The van der Waals surface area contributed by atoms with E-state index < -0.39 is 5.82 Å². The summed E-state index contributed by atoms with van der Waals surface area (Å²) < 4.78 is 14.1. The highest BCUT2D eigenvalue weighted by atomic mass is 32.1. The number of fused-ring (bicyclic) bond motifs is 1. The zero-order valence-corrected chi connectivity index (χ0v) is 18.2. The SMILES string of the molecule is CC(=O)NC1CCN(C(=O)c2nc(N[C@@H](C)c3cncc(F)c3)nc3nc(C)sc23)C1. The summed E-state index contributed by atoms with van der Waals surface area (Å²) in [6, 6.07) is 0.980.